The Labute approximate surface area is 113 Å². The molecule has 4 nitrogen and oxygen atoms in total. The lowest BCUT2D eigenvalue weighted by Crippen LogP contribution is -2.02. The number of hydrogen-bond acceptors (Lipinski definition) is 3. The van der Waals surface area contributed by atoms with E-state index in [1.165, 1.54) is 0 Å². The summed E-state index contributed by atoms with van der Waals surface area (Å²) in [5.41, 5.74) is 1.87. The predicted molar refractivity (Wildman–Crippen MR) is 69.8 cm³/mol. The molecule has 0 amide bonds. The number of methoxy groups -OCH3 is 1. The van der Waals surface area contributed by atoms with Gasteiger partial charge >= 0.3 is 0 Å². The molecule has 0 radical (unpaired) electrons. The number of nitrogens with zero attached hydrogens (tertiary/aromatic N) is 3. The van der Waals surface area contributed by atoms with E-state index in [0.717, 1.165) is 17.0 Å². The van der Waals surface area contributed by atoms with Crippen molar-refractivity contribution in [1.29, 1.82) is 0 Å². The SMILES string of the molecule is COc1ccc(Cl)cc1Cn1cc(CBr)nn1. The van der Waals surface area contributed by atoms with Crippen molar-refractivity contribution >= 4 is 27.5 Å². The van der Waals surface area contributed by atoms with Crippen LogP contribution in [0.3, 0.4) is 0 Å². The molecule has 0 bridgehead atoms. The third kappa shape index (κ3) is 2.98. The maximum atomic E-state index is 5.96. The van der Waals surface area contributed by atoms with Crippen molar-refractivity contribution in [3.05, 3.63) is 40.7 Å². The van der Waals surface area contributed by atoms with Crippen molar-refractivity contribution < 1.29 is 4.74 Å². The zero-order valence-electron chi connectivity index (χ0n) is 9.23. The summed E-state index contributed by atoms with van der Waals surface area (Å²) < 4.78 is 7.03. The van der Waals surface area contributed by atoms with Gasteiger partial charge in [-0.2, -0.15) is 0 Å². The van der Waals surface area contributed by atoms with E-state index in [1.807, 2.05) is 18.3 Å². The summed E-state index contributed by atoms with van der Waals surface area (Å²) in [5, 5.41) is 9.40. The monoisotopic (exact) mass is 315 g/mol. The summed E-state index contributed by atoms with van der Waals surface area (Å²) in [7, 11) is 1.64. The number of rotatable bonds is 4. The number of halogens is 2. The molecule has 0 fully saturated rings. The minimum atomic E-state index is 0.587. The zero-order chi connectivity index (χ0) is 12.3. The second-order valence-electron chi connectivity index (χ2n) is 3.50. The number of benzene rings is 1. The van der Waals surface area contributed by atoms with Crippen molar-refractivity contribution in [3.63, 3.8) is 0 Å². The van der Waals surface area contributed by atoms with Gasteiger partial charge in [0.25, 0.3) is 0 Å². The van der Waals surface area contributed by atoms with Crippen LogP contribution in [0.5, 0.6) is 5.75 Å². The van der Waals surface area contributed by atoms with Crippen LogP contribution < -0.4 is 4.74 Å². The van der Waals surface area contributed by atoms with E-state index < -0.39 is 0 Å². The van der Waals surface area contributed by atoms with E-state index >= 15 is 0 Å². The third-order valence-electron chi connectivity index (χ3n) is 2.30. The molecule has 90 valence electrons. The first kappa shape index (κ1) is 12.4. The van der Waals surface area contributed by atoms with Gasteiger partial charge in [0.05, 0.1) is 19.3 Å². The van der Waals surface area contributed by atoms with Crippen LogP contribution in [0.2, 0.25) is 5.02 Å². The summed E-state index contributed by atoms with van der Waals surface area (Å²) in [6.07, 6.45) is 1.88. The molecule has 0 aliphatic rings. The van der Waals surface area contributed by atoms with Crippen molar-refractivity contribution in [2.24, 2.45) is 0 Å². The van der Waals surface area contributed by atoms with Crippen molar-refractivity contribution in [2.45, 2.75) is 11.9 Å². The molecule has 0 saturated heterocycles. The number of hydrogen-bond donors (Lipinski definition) is 0. The molecule has 0 spiro atoms. The smallest absolute Gasteiger partial charge is 0.124 e. The normalized spacial score (nSPS) is 10.5. The molecule has 1 aromatic carbocycles. The maximum Gasteiger partial charge on any atom is 0.124 e. The molecule has 0 unspecified atom stereocenters. The second-order valence-corrected chi connectivity index (χ2v) is 4.49. The van der Waals surface area contributed by atoms with Crippen LogP contribution >= 0.6 is 27.5 Å². The largest absolute Gasteiger partial charge is 0.496 e. The van der Waals surface area contributed by atoms with Gasteiger partial charge in [0.15, 0.2) is 0 Å². The minimum absolute atomic E-state index is 0.587. The highest BCUT2D eigenvalue weighted by Crippen LogP contribution is 2.23. The Morgan fingerprint density at radius 3 is 2.94 bits per heavy atom. The molecule has 6 heteroatoms. The first-order valence-electron chi connectivity index (χ1n) is 5.00. The molecular formula is C11H11BrClN3O. The Hall–Kier alpha value is -1.07. The molecule has 0 atom stereocenters. The highest BCUT2D eigenvalue weighted by Gasteiger charge is 2.06. The molecule has 1 heterocycles. The molecule has 0 N–H and O–H groups in total. The summed E-state index contributed by atoms with van der Waals surface area (Å²) in [5.74, 6) is 0.797. The Morgan fingerprint density at radius 1 is 1.47 bits per heavy atom. The van der Waals surface area contributed by atoms with Crippen LogP contribution in [0.25, 0.3) is 0 Å². The quantitative estimate of drug-likeness (QED) is 0.814. The zero-order valence-corrected chi connectivity index (χ0v) is 11.6. The van der Waals surface area contributed by atoms with Crippen LogP contribution in [0.15, 0.2) is 24.4 Å². The summed E-state index contributed by atoms with van der Waals surface area (Å²) in [6, 6.07) is 5.52. The average molecular weight is 317 g/mol. The fourth-order valence-corrected chi connectivity index (χ4v) is 1.97. The standard InChI is InChI=1S/C11H11BrClN3O/c1-17-11-3-2-9(13)4-8(11)6-16-7-10(5-12)14-15-16/h2-4,7H,5-6H2,1H3. The van der Waals surface area contributed by atoms with E-state index in [4.69, 9.17) is 16.3 Å². The van der Waals surface area contributed by atoms with Gasteiger partial charge in [-0.05, 0) is 18.2 Å². The molecule has 0 aliphatic heterocycles. The average Bonchev–Trinajstić information content (AvgIpc) is 2.77. The highest BCUT2D eigenvalue weighted by atomic mass is 79.9. The Balaban J connectivity index is 2.25. The van der Waals surface area contributed by atoms with Gasteiger partial charge in [0, 0.05) is 22.1 Å². The first-order valence-corrected chi connectivity index (χ1v) is 6.50. The van der Waals surface area contributed by atoms with Crippen LogP contribution in [0.1, 0.15) is 11.3 Å². The lowest BCUT2D eigenvalue weighted by molar-refractivity contribution is 0.407. The number of alkyl halides is 1. The molecule has 0 aliphatic carbocycles. The fraction of sp³-hybridized carbons (Fsp3) is 0.273. The lowest BCUT2D eigenvalue weighted by atomic mass is 10.2. The molecule has 0 saturated carbocycles. The molecule has 2 aromatic rings. The van der Waals surface area contributed by atoms with Crippen molar-refractivity contribution in [3.8, 4) is 5.75 Å². The topological polar surface area (TPSA) is 39.9 Å². The number of aromatic nitrogens is 3. The van der Waals surface area contributed by atoms with E-state index in [0.29, 0.717) is 16.9 Å². The van der Waals surface area contributed by atoms with Crippen LogP contribution in [0, 0.1) is 0 Å². The van der Waals surface area contributed by atoms with Crippen LogP contribution in [0.4, 0.5) is 0 Å². The van der Waals surface area contributed by atoms with E-state index in [9.17, 15) is 0 Å². The molecule has 17 heavy (non-hydrogen) atoms. The van der Waals surface area contributed by atoms with Crippen molar-refractivity contribution in [2.75, 3.05) is 7.11 Å². The number of ether oxygens (including phenoxy) is 1. The van der Waals surface area contributed by atoms with Gasteiger partial charge in [-0.15, -0.1) is 5.10 Å². The Morgan fingerprint density at radius 2 is 2.29 bits per heavy atom. The minimum Gasteiger partial charge on any atom is -0.496 e. The van der Waals surface area contributed by atoms with E-state index in [2.05, 4.69) is 26.2 Å². The maximum absolute atomic E-state index is 5.96. The highest BCUT2D eigenvalue weighted by molar-refractivity contribution is 9.08. The van der Waals surface area contributed by atoms with Gasteiger partial charge < -0.3 is 4.74 Å². The van der Waals surface area contributed by atoms with Crippen LogP contribution in [-0.4, -0.2) is 22.1 Å². The van der Waals surface area contributed by atoms with E-state index in [-0.39, 0.29) is 0 Å². The van der Waals surface area contributed by atoms with E-state index in [1.54, 1.807) is 17.9 Å². The van der Waals surface area contributed by atoms with Gasteiger partial charge in [-0.1, -0.05) is 32.7 Å². The Kier molecular flexibility index (Phi) is 4.02. The summed E-state index contributed by atoms with van der Waals surface area (Å²) in [6.45, 7) is 0.587. The molecule has 1 aromatic heterocycles. The summed E-state index contributed by atoms with van der Waals surface area (Å²) >= 11 is 9.30. The third-order valence-corrected chi connectivity index (χ3v) is 3.11. The first-order chi connectivity index (χ1) is 8.22. The van der Waals surface area contributed by atoms with Gasteiger partial charge in [-0.3, -0.25) is 0 Å². The van der Waals surface area contributed by atoms with Gasteiger partial charge in [0.2, 0.25) is 0 Å². The Bertz CT molecular complexity index is 515. The van der Waals surface area contributed by atoms with Crippen molar-refractivity contribution in [1.82, 2.24) is 15.0 Å². The second kappa shape index (κ2) is 5.51. The molecule has 2 rings (SSSR count). The van der Waals surface area contributed by atoms with Crippen LogP contribution in [-0.2, 0) is 11.9 Å². The molecular weight excluding hydrogens is 305 g/mol. The van der Waals surface area contributed by atoms with Gasteiger partial charge in [-0.25, -0.2) is 4.68 Å². The van der Waals surface area contributed by atoms with Gasteiger partial charge in [0.1, 0.15) is 5.75 Å². The summed E-state index contributed by atoms with van der Waals surface area (Å²) in [4.78, 5) is 0. The fourth-order valence-electron chi connectivity index (χ4n) is 1.52. The lowest BCUT2D eigenvalue weighted by Gasteiger charge is -2.08. The predicted octanol–water partition coefficient (Wildman–Crippen LogP) is 2.88.